The summed E-state index contributed by atoms with van der Waals surface area (Å²) in [6.45, 7) is 6.24. The predicted octanol–water partition coefficient (Wildman–Crippen LogP) is 6.05. The molecule has 1 heterocycles. The summed E-state index contributed by atoms with van der Waals surface area (Å²) >= 11 is 0. The van der Waals surface area contributed by atoms with E-state index in [1.165, 1.54) is 11.1 Å². The highest BCUT2D eigenvalue weighted by Gasteiger charge is 2.16. The molecule has 0 bridgehead atoms. The Morgan fingerprint density at radius 2 is 1.55 bits per heavy atom. The molecule has 0 aliphatic rings. The topological polar surface area (TPSA) is 31.4 Å². The Bertz CT molecular complexity index is 976. The van der Waals surface area contributed by atoms with Gasteiger partial charge in [-0.2, -0.15) is 0 Å². The zero-order chi connectivity index (χ0) is 21.0. The van der Waals surface area contributed by atoms with E-state index in [9.17, 15) is 8.78 Å². The van der Waals surface area contributed by atoms with Crippen molar-refractivity contribution in [2.75, 3.05) is 7.11 Å². The van der Waals surface area contributed by atoms with Crippen LogP contribution in [-0.2, 0) is 19.4 Å². The summed E-state index contributed by atoms with van der Waals surface area (Å²) in [5.74, 6) is -0.601. The minimum absolute atomic E-state index is 0.0985. The summed E-state index contributed by atoms with van der Waals surface area (Å²) in [4.78, 5) is 4.81. The summed E-state index contributed by atoms with van der Waals surface area (Å²) in [6.07, 6.45) is 1.81. The smallest absolute Gasteiger partial charge is 0.129 e. The summed E-state index contributed by atoms with van der Waals surface area (Å²) in [7, 11) is 1.59. The molecule has 29 heavy (non-hydrogen) atoms. The van der Waals surface area contributed by atoms with Crippen LogP contribution in [0, 0.1) is 18.6 Å². The third-order valence-electron chi connectivity index (χ3n) is 4.98. The zero-order valence-corrected chi connectivity index (χ0v) is 17.2. The first kappa shape index (κ1) is 20.8. The van der Waals surface area contributed by atoms with Gasteiger partial charge in [0.15, 0.2) is 0 Å². The third-order valence-corrected chi connectivity index (χ3v) is 4.98. The van der Waals surface area contributed by atoms with Crippen molar-refractivity contribution < 1.29 is 18.3 Å². The van der Waals surface area contributed by atoms with Gasteiger partial charge >= 0.3 is 0 Å². The van der Waals surface area contributed by atoms with Crippen molar-refractivity contribution >= 4 is 0 Å². The van der Waals surface area contributed by atoms with Crippen molar-refractivity contribution in [3.05, 3.63) is 76.5 Å². The van der Waals surface area contributed by atoms with Crippen LogP contribution in [0.15, 0.2) is 42.5 Å². The Morgan fingerprint density at radius 3 is 2.10 bits per heavy atom. The first-order valence-electron chi connectivity index (χ1n) is 9.71. The highest BCUT2D eigenvalue weighted by molar-refractivity contribution is 5.70. The number of hydrogen-bond donors (Lipinski definition) is 0. The molecule has 3 rings (SSSR count). The molecule has 2 aromatic carbocycles. The van der Waals surface area contributed by atoms with Crippen LogP contribution >= 0.6 is 0 Å². The van der Waals surface area contributed by atoms with E-state index in [0.29, 0.717) is 5.75 Å². The van der Waals surface area contributed by atoms with Crippen LogP contribution in [-0.4, -0.2) is 12.1 Å². The molecule has 0 saturated heterocycles. The van der Waals surface area contributed by atoms with Crippen molar-refractivity contribution in [1.82, 2.24) is 4.98 Å². The molecule has 5 heteroatoms. The molecule has 0 amide bonds. The molecule has 1 aromatic heterocycles. The van der Waals surface area contributed by atoms with E-state index < -0.39 is 11.6 Å². The van der Waals surface area contributed by atoms with E-state index in [0.717, 1.165) is 53.6 Å². The fourth-order valence-corrected chi connectivity index (χ4v) is 3.49. The lowest BCUT2D eigenvalue weighted by atomic mass is 9.94. The molecule has 0 saturated carbocycles. The average Bonchev–Trinajstić information content (AvgIpc) is 2.70. The van der Waals surface area contributed by atoms with Crippen molar-refractivity contribution in [3.63, 3.8) is 0 Å². The first-order valence-corrected chi connectivity index (χ1v) is 9.71. The summed E-state index contributed by atoms with van der Waals surface area (Å²) < 4.78 is 38.0. The van der Waals surface area contributed by atoms with E-state index in [-0.39, 0.29) is 12.4 Å². The molecule has 3 nitrogen and oxygen atoms in total. The average molecular weight is 397 g/mol. The van der Waals surface area contributed by atoms with Gasteiger partial charge in [0.1, 0.15) is 29.7 Å². The van der Waals surface area contributed by atoms with E-state index in [4.69, 9.17) is 14.5 Å². The quantitative estimate of drug-likeness (QED) is 0.486. The van der Waals surface area contributed by atoms with Gasteiger partial charge < -0.3 is 9.47 Å². The Balaban J connectivity index is 1.99. The largest absolute Gasteiger partial charge is 0.496 e. The number of methoxy groups -OCH3 is 1. The van der Waals surface area contributed by atoms with E-state index in [2.05, 4.69) is 32.0 Å². The lowest BCUT2D eigenvalue weighted by Gasteiger charge is -2.17. The van der Waals surface area contributed by atoms with Gasteiger partial charge in [-0.3, -0.25) is 4.98 Å². The van der Waals surface area contributed by atoms with E-state index in [1.807, 2.05) is 13.0 Å². The summed E-state index contributed by atoms with van der Waals surface area (Å²) in [6, 6.07) is 11.3. The SMILES string of the molecule is CCc1cccc(CC)c1-c1cc(OC)c(COc2cc(F)cc(F)c2)c(C)n1. The van der Waals surface area contributed by atoms with Crippen LogP contribution in [0.25, 0.3) is 11.3 Å². The maximum atomic E-state index is 13.4. The van der Waals surface area contributed by atoms with Crippen LogP contribution in [0.5, 0.6) is 11.5 Å². The number of aryl methyl sites for hydroxylation is 3. The predicted molar refractivity (Wildman–Crippen MR) is 110 cm³/mol. The van der Waals surface area contributed by atoms with Crippen LogP contribution in [0.3, 0.4) is 0 Å². The van der Waals surface area contributed by atoms with Crippen LogP contribution in [0.1, 0.15) is 36.2 Å². The number of aromatic nitrogens is 1. The van der Waals surface area contributed by atoms with Crippen LogP contribution in [0.2, 0.25) is 0 Å². The monoisotopic (exact) mass is 397 g/mol. The molecule has 0 aliphatic carbocycles. The maximum absolute atomic E-state index is 13.4. The lowest BCUT2D eigenvalue weighted by molar-refractivity contribution is 0.292. The van der Waals surface area contributed by atoms with Gasteiger partial charge in [-0.1, -0.05) is 32.0 Å². The molecular formula is C24H25F2NO2. The normalized spacial score (nSPS) is 10.8. The van der Waals surface area contributed by atoms with Gasteiger partial charge in [0.25, 0.3) is 0 Å². The van der Waals surface area contributed by atoms with Gasteiger partial charge in [-0.25, -0.2) is 8.78 Å². The number of pyridine rings is 1. The van der Waals surface area contributed by atoms with Crippen molar-refractivity contribution in [2.45, 2.75) is 40.2 Å². The Morgan fingerprint density at radius 1 is 0.931 bits per heavy atom. The molecule has 0 fully saturated rings. The molecule has 0 N–H and O–H groups in total. The molecule has 3 aromatic rings. The van der Waals surface area contributed by atoms with Crippen molar-refractivity contribution in [2.24, 2.45) is 0 Å². The molecule has 0 aliphatic heterocycles. The second-order valence-corrected chi connectivity index (χ2v) is 6.83. The lowest BCUT2D eigenvalue weighted by Crippen LogP contribution is -2.06. The number of ether oxygens (including phenoxy) is 2. The molecule has 0 atom stereocenters. The molecule has 0 radical (unpaired) electrons. The second kappa shape index (κ2) is 9.03. The molecule has 152 valence electrons. The fraction of sp³-hybridized carbons (Fsp3) is 0.292. The number of hydrogen-bond acceptors (Lipinski definition) is 3. The van der Waals surface area contributed by atoms with Gasteiger partial charge in [-0.05, 0) is 30.9 Å². The number of benzene rings is 2. The molecular weight excluding hydrogens is 372 g/mol. The van der Waals surface area contributed by atoms with Crippen LogP contribution < -0.4 is 9.47 Å². The summed E-state index contributed by atoms with van der Waals surface area (Å²) in [5, 5.41) is 0. The van der Waals surface area contributed by atoms with Crippen molar-refractivity contribution in [3.8, 4) is 22.8 Å². The Kier molecular flexibility index (Phi) is 6.47. The highest BCUT2D eigenvalue weighted by Crippen LogP contribution is 2.33. The summed E-state index contributed by atoms with van der Waals surface area (Å²) in [5.41, 5.74) is 5.96. The van der Waals surface area contributed by atoms with Crippen LogP contribution in [0.4, 0.5) is 8.78 Å². The van der Waals surface area contributed by atoms with E-state index in [1.54, 1.807) is 7.11 Å². The van der Waals surface area contributed by atoms with Gasteiger partial charge in [0.05, 0.1) is 18.4 Å². The first-order chi connectivity index (χ1) is 14.0. The van der Waals surface area contributed by atoms with E-state index >= 15 is 0 Å². The standard InChI is InChI=1S/C24H25F2NO2/c1-5-16-8-7-9-17(6-2)24(16)22-13-23(28-4)21(15(3)27-22)14-29-20-11-18(25)10-19(26)12-20/h7-13H,5-6,14H2,1-4H3. The van der Waals surface area contributed by atoms with Gasteiger partial charge in [0, 0.05) is 35.5 Å². The molecule has 0 spiro atoms. The third kappa shape index (κ3) is 4.56. The minimum atomic E-state index is -0.680. The minimum Gasteiger partial charge on any atom is -0.496 e. The zero-order valence-electron chi connectivity index (χ0n) is 17.2. The second-order valence-electron chi connectivity index (χ2n) is 6.83. The Labute approximate surface area is 170 Å². The molecule has 0 unspecified atom stereocenters. The number of nitrogens with zero attached hydrogens (tertiary/aromatic N) is 1. The maximum Gasteiger partial charge on any atom is 0.129 e. The highest BCUT2D eigenvalue weighted by atomic mass is 19.1. The Hall–Kier alpha value is -2.95. The number of halogens is 2. The van der Waals surface area contributed by atoms with Crippen molar-refractivity contribution in [1.29, 1.82) is 0 Å². The van der Waals surface area contributed by atoms with Gasteiger partial charge in [0.2, 0.25) is 0 Å². The number of rotatable bonds is 7. The fourth-order valence-electron chi connectivity index (χ4n) is 3.49. The van der Waals surface area contributed by atoms with Gasteiger partial charge in [-0.15, -0.1) is 0 Å².